The van der Waals surface area contributed by atoms with Crippen molar-refractivity contribution in [1.29, 1.82) is 0 Å². The summed E-state index contributed by atoms with van der Waals surface area (Å²) in [6, 6.07) is 1.22. The van der Waals surface area contributed by atoms with Crippen LogP contribution < -0.4 is 0 Å². The number of hydrogen-bond donors (Lipinski definition) is 0. The van der Waals surface area contributed by atoms with Gasteiger partial charge < -0.3 is 4.74 Å². The zero-order valence-electron chi connectivity index (χ0n) is 11.1. The van der Waals surface area contributed by atoms with E-state index in [1.165, 1.54) is 32.1 Å². The van der Waals surface area contributed by atoms with E-state index < -0.39 is 5.83 Å². The van der Waals surface area contributed by atoms with Gasteiger partial charge in [-0.05, 0) is 31.8 Å². The van der Waals surface area contributed by atoms with Crippen molar-refractivity contribution in [3.8, 4) is 0 Å². The van der Waals surface area contributed by atoms with Crippen LogP contribution in [0.25, 0.3) is 0 Å². The smallest absolute Gasteiger partial charge is 0.125 e. The van der Waals surface area contributed by atoms with Crippen molar-refractivity contribution in [2.24, 2.45) is 0 Å². The zero-order valence-corrected chi connectivity index (χ0v) is 11.1. The predicted octanol–water partition coefficient (Wildman–Crippen LogP) is 3.57. The maximum Gasteiger partial charge on any atom is 0.125 e. The highest BCUT2D eigenvalue weighted by Crippen LogP contribution is 2.36. The highest BCUT2D eigenvalue weighted by molar-refractivity contribution is 5.33. The molecule has 0 N–H and O–H groups in total. The molecule has 2 heterocycles. The van der Waals surface area contributed by atoms with Crippen molar-refractivity contribution >= 4 is 0 Å². The van der Waals surface area contributed by atoms with Gasteiger partial charge in [0.2, 0.25) is 0 Å². The number of fused-ring (bicyclic) bond motifs is 2. The molecule has 3 heteroatoms. The molecule has 0 amide bonds. The Hall–Kier alpha value is -1.09. The summed E-state index contributed by atoms with van der Waals surface area (Å²) in [5.41, 5.74) is 0.548. The average molecular weight is 251 g/mol. The second kappa shape index (κ2) is 5.70. The Morgan fingerprint density at radius 2 is 1.94 bits per heavy atom. The molecule has 2 fully saturated rings. The Morgan fingerprint density at radius 1 is 1.33 bits per heavy atom. The van der Waals surface area contributed by atoms with Crippen LogP contribution in [-0.4, -0.2) is 30.6 Å². The first-order valence-corrected chi connectivity index (χ1v) is 6.67. The van der Waals surface area contributed by atoms with Crippen molar-refractivity contribution in [3.63, 3.8) is 0 Å². The lowest BCUT2D eigenvalue weighted by Crippen LogP contribution is -2.41. The Balaban J connectivity index is 2.17. The van der Waals surface area contributed by atoms with E-state index in [9.17, 15) is 4.39 Å². The van der Waals surface area contributed by atoms with Gasteiger partial charge >= 0.3 is 0 Å². The van der Waals surface area contributed by atoms with Crippen molar-refractivity contribution in [3.05, 3.63) is 36.4 Å². The van der Waals surface area contributed by atoms with Crippen LogP contribution in [0, 0.1) is 0 Å². The lowest BCUT2D eigenvalue weighted by Gasteiger charge is -2.35. The fourth-order valence-electron chi connectivity index (χ4n) is 3.29. The zero-order chi connectivity index (χ0) is 13.1. The molecule has 2 aliphatic heterocycles. The van der Waals surface area contributed by atoms with E-state index in [-0.39, 0.29) is 0 Å². The van der Waals surface area contributed by atoms with E-state index in [1.54, 1.807) is 13.2 Å². The summed E-state index contributed by atoms with van der Waals surface area (Å²) in [7, 11) is 1.55. The van der Waals surface area contributed by atoms with Crippen LogP contribution in [0.4, 0.5) is 4.39 Å². The first-order chi connectivity index (χ1) is 8.67. The maximum absolute atomic E-state index is 13.6. The molecule has 0 aromatic heterocycles. The summed E-state index contributed by atoms with van der Waals surface area (Å²) in [5, 5.41) is 0. The number of methoxy groups -OCH3 is 1. The minimum Gasteiger partial charge on any atom is -0.496 e. The third-order valence-corrected chi connectivity index (χ3v) is 4.22. The predicted molar refractivity (Wildman–Crippen MR) is 71.8 cm³/mol. The van der Waals surface area contributed by atoms with Gasteiger partial charge in [0.1, 0.15) is 11.6 Å². The largest absolute Gasteiger partial charge is 0.496 e. The first kappa shape index (κ1) is 13.3. The second-order valence-electron chi connectivity index (χ2n) is 5.14. The maximum atomic E-state index is 13.6. The van der Waals surface area contributed by atoms with Crippen LogP contribution in [0.5, 0.6) is 0 Å². The van der Waals surface area contributed by atoms with E-state index >= 15 is 0 Å². The van der Waals surface area contributed by atoms with Gasteiger partial charge in [0.05, 0.1) is 7.11 Å². The van der Waals surface area contributed by atoms with Crippen LogP contribution in [0.2, 0.25) is 0 Å². The molecule has 2 saturated heterocycles. The minimum atomic E-state index is -0.406. The van der Waals surface area contributed by atoms with Gasteiger partial charge in [-0.25, -0.2) is 4.39 Å². The number of allylic oxidation sites excluding steroid dienone is 1. The third-order valence-electron chi connectivity index (χ3n) is 4.22. The van der Waals surface area contributed by atoms with Gasteiger partial charge in [0.25, 0.3) is 0 Å². The standard InChI is InChI=1S/C15H22FNO/c1-4-15(18-3)14(11(2)16)10-17-12-6-5-7-13(17)9-8-12/h4,12-13H,1-2,5-10H2,3H3/b15-14+. The third kappa shape index (κ3) is 2.51. The fourth-order valence-corrected chi connectivity index (χ4v) is 3.29. The summed E-state index contributed by atoms with van der Waals surface area (Å²) in [4.78, 5) is 2.42. The second-order valence-corrected chi connectivity index (χ2v) is 5.14. The quantitative estimate of drug-likeness (QED) is 0.547. The highest BCUT2D eigenvalue weighted by atomic mass is 19.1. The van der Waals surface area contributed by atoms with Crippen LogP contribution in [-0.2, 0) is 4.74 Å². The van der Waals surface area contributed by atoms with Gasteiger partial charge in [0, 0.05) is 24.2 Å². The molecular weight excluding hydrogens is 229 g/mol. The molecule has 2 nitrogen and oxygen atoms in total. The topological polar surface area (TPSA) is 12.5 Å². The monoisotopic (exact) mass is 251 g/mol. The van der Waals surface area contributed by atoms with Crippen LogP contribution in [0.3, 0.4) is 0 Å². The Kier molecular flexibility index (Phi) is 4.23. The van der Waals surface area contributed by atoms with Gasteiger partial charge in [-0.3, -0.25) is 4.90 Å². The molecule has 2 atom stereocenters. The lowest BCUT2D eigenvalue weighted by molar-refractivity contribution is 0.151. The van der Waals surface area contributed by atoms with E-state index in [2.05, 4.69) is 18.1 Å². The van der Waals surface area contributed by atoms with Crippen molar-refractivity contribution in [2.75, 3.05) is 13.7 Å². The van der Waals surface area contributed by atoms with Gasteiger partial charge in [-0.2, -0.15) is 0 Å². The lowest BCUT2D eigenvalue weighted by atomic mass is 10.0. The number of rotatable bonds is 5. The normalized spacial score (nSPS) is 28.8. The van der Waals surface area contributed by atoms with Gasteiger partial charge in [0.15, 0.2) is 0 Å². The Bertz CT molecular complexity index is 359. The van der Waals surface area contributed by atoms with Crippen LogP contribution >= 0.6 is 0 Å². The molecule has 0 saturated carbocycles. The molecule has 2 bridgehead atoms. The summed E-state index contributed by atoms with van der Waals surface area (Å²) in [6.07, 6.45) is 7.82. The van der Waals surface area contributed by atoms with E-state index in [4.69, 9.17) is 4.74 Å². The average Bonchev–Trinajstić information content (AvgIpc) is 2.59. The molecule has 0 aliphatic carbocycles. The SMILES string of the molecule is C=C/C(OC)=C(/CN1C2CCCC1CC2)C(=C)F. The van der Waals surface area contributed by atoms with E-state index in [0.717, 1.165) is 0 Å². The van der Waals surface area contributed by atoms with E-state index in [1.807, 2.05) is 0 Å². The first-order valence-electron chi connectivity index (χ1n) is 6.67. The summed E-state index contributed by atoms with van der Waals surface area (Å²) < 4.78 is 18.8. The molecule has 0 aromatic rings. The minimum absolute atomic E-state index is 0.406. The summed E-state index contributed by atoms with van der Waals surface area (Å²) >= 11 is 0. The summed E-state index contributed by atoms with van der Waals surface area (Å²) in [5.74, 6) is 0.101. The molecule has 2 unspecified atom stereocenters. The van der Waals surface area contributed by atoms with Gasteiger partial charge in [-0.15, -0.1) is 0 Å². The number of halogens is 1. The van der Waals surface area contributed by atoms with Crippen molar-refractivity contribution in [2.45, 2.75) is 44.2 Å². The summed E-state index contributed by atoms with van der Waals surface area (Å²) in [6.45, 7) is 7.70. The number of ether oxygens (including phenoxy) is 1. The van der Waals surface area contributed by atoms with E-state index in [0.29, 0.717) is 30.0 Å². The van der Waals surface area contributed by atoms with Crippen LogP contribution in [0.15, 0.2) is 36.4 Å². The molecule has 0 radical (unpaired) electrons. The fraction of sp³-hybridized carbons (Fsp3) is 0.600. The molecular formula is C15H22FNO. The molecule has 2 aliphatic rings. The number of piperidine rings is 1. The Labute approximate surface area is 109 Å². The molecule has 2 rings (SSSR count). The highest BCUT2D eigenvalue weighted by Gasteiger charge is 2.37. The molecule has 0 aromatic carbocycles. The van der Waals surface area contributed by atoms with Crippen LogP contribution in [0.1, 0.15) is 32.1 Å². The molecule has 100 valence electrons. The van der Waals surface area contributed by atoms with Crippen molar-refractivity contribution in [1.82, 2.24) is 4.90 Å². The molecule has 18 heavy (non-hydrogen) atoms. The number of nitrogens with zero attached hydrogens (tertiary/aromatic N) is 1. The van der Waals surface area contributed by atoms with Crippen molar-refractivity contribution < 1.29 is 9.13 Å². The Morgan fingerprint density at radius 3 is 2.39 bits per heavy atom. The van der Waals surface area contributed by atoms with Gasteiger partial charge in [-0.1, -0.05) is 19.6 Å². The number of hydrogen-bond acceptors (Lipinski definition) is 2. The molecule has 0 spiro atoms.